The highest BCUT2D eigenvalue weighted by molar-refractivity contribution is 6.06. The van der Waals surface area contributed by atoms with Crippen LogP contribution in [0.3, 0.4) is 0 Å². The molecular formula is C25H33NO6. The number of amides is 1. The lowest BCUT2D eigenvalue weighted by atomic mass is 9.88. The maximum atomic E-state index is 13.2. The number of carbonyl (C=O) groups excluding carboxylic acids is 3. The molecule has 1 aliphatic rings. The van der Waals surface area contributed by atoms with E-state index in [4.69, 9.17) is 14.2 Å². The van der Waals surface area contributed by atoms with E-state index in [1.165, 1.54) is 6.08 Å². The van der Waals surface area contributed by atoms with E-state index in [1.54, 1.807) is 32.8 Å². The second-order valence-corrected chi connectivity index (χ2v) is 8.63. The predicted molar refractivity (Wildman–Crippen MR) is 121 cm³/mol. The van der Waals surface area contributed by atoms with E-state index in [0.717, 1.165) is 12.0 Å². The largest absolute Gasteiger partial charge is 0.497 e. The summed E-state index contributed by atoms with van der Waals surface area (Å²) in [5.74, 6) is -0.241. The molecule has 174 valence electrons. The van der Waals surface area contributed by atoms with Crippen LogP contribution in [-0.2, 0) is 25.6 Å². The van der Waals surface area contributed by atoms with Gasteiger partial charge in [0.05, 0.1) is 13.2 Å². The third-order valence-corrected chi connectivity index (χ3v) is 4.91. The van der Waals surface area contributed by atoms with Crippen molar-refractivity contribution < 1.29 is 28.6 Å². The van der Waals surface area contributed by atoms with Gasteiger partial charge in [0.1, 0.15) is 24.4 Å². The molecule has 7 heteroatoms. The molecule has 32 heavy (non-hydrogen) atoms. The molecule has 0 radical (unpaired) electrons. The number of hydrogen-bond acceptors (Lipinski definition) is 6. The molecule has 2 rings (SSSR count). The van der Waals surface area contributed by atoms with Crippen molar-refractivity contribution >= 4 is 17.8 Å². The Morgan fingerprint density at radius 2 is 1.88 bits per heavy atom. The van der Waals surface area contributed by atoms with Gasteiger partial charge in [-0.1, -0.05) is 30.9 Å². The van der Waals surface area contributed by atoms with Gasteiger partial charge in [-0.3, -0.25) is 14.5 Å². The molecule has 7 nitrogen and oxygen atoms in total. The van der Waals surface area contributed by atoms with Crippen LogP contribution in [0.5, 0.6) is 5.75 Å². The summed E-state index contributed by atoms with van der Waals surface area (Å²) in [6, 6.07) is 6.90. The topological polar surface area (TPSA) is 82.1 Å². The van der Waals surface area contributed by atoms with Gasteiger partial charge in [-0.25, -0.2) is 4.79 Å². The van der Waals surface area contributed by atoms with Crippen molar-refractivity contribution in [3.8, 4) is 5.75 Å². The number of ether oxygens (including phenoxy) is 3. The van der Waals surface area contributed by atoms with Crippen molar-refractivity contribution in [3.05, 3.63) is 54.1 Å². The number of carbonyl (C=O) groups is 3. The standard InChI is InChI=1S/C25H33NO6/c1-6-15-31-23(28)16-22(27)20-9-7-8-10-21(20)26(24(29)32-25(2,3)4)17-18-11-13-19(30-5)14-12-18/h6,9,11-14,21H,1,7-8,10,15-17H2,2-5H3/t21-/m0/s1. The molecule has 1 aliphatic carbocycles. The molecule has 0 fully saturated rings. The maximum absolute atomic E-state index is 13.2. The number of allylic oxidation sites excluding steroid dienone is 1. The fraction of sp³-hybridized carbons (Fsp3) is 0.480. The Morgan fingerprint density at radius 1 is 1.19 bits per heavy atom. The summed E-state index contributed by atoms with van der Waals surface area (Å²) in [7, 11) is 1.59. The van der Waals surface area contributed by atoms with Gasteiger partial charge in [0.15, 0.2) is 5.78 Å². The molecule has 0 heterocycles. The van der Waals surface area contributed by atoms with Gasteiger partial charge in [0, 0.05) is 12.1 Å². The predicted octanol–water partition coefficient (Wildman–Crippen LogP) is 4.60. The first-order chi connectivity index (χ1) is 15.1. The second kappa shape index (κ2) is 11.5. The number of benzene rings is 1. The van der Waals surface area contributed by atoms with E-state index in [-0.39, 0.29) is 25.4 Å². The van der Waals surface area contributed by atoms with Gasteiger partial charge in [-0.15, -0.1) is 0 Å². The number of methoxy groups -OCH3 is 1. The third-order valence-electron chi connectivity index (χ3n) is 4.91. The summed E-state index contributed by atoms with van der Waals surface area (Å²) >= 11 is 0. The molecular weight excluding hydrogens is 410 g/mol. The Labute approximate surface area is 190 Å². The first kappa shape index (κ1) is 25.2. The van der Waals surface area contributed by atoms with Gasteiger partial charge in [-0.2, -0.15) is 0 Å². The highest BCUT2D eigenvalue weighted by atomic mass is 16.6. The summed E-state index contributed by atoms with van der Waals surface area (Å²) in [5.41, 5.74) is 0.636. The van der Waals surface area contributed by atoms with Gasteiger partial charge in [-0.05, 0) is 57.7 Å². The second-order valence-electron chi connectivity index (χ2n) is 8.63. The van der Waals surface area contributed by atoms with Crippen molar-refractivity contribution in [1.82, 2.24) is 4.90 Å². The average molecular weight is 444 g/mol. The molecule has 0 aromatic heterocycles. The Kier molecular flexibility index (Phi) is 9.05. The van der Waals surface area contributed by atoms with Crippen LogP contribution in [0.25, 0.3) is 0 Å². The van der Waals surface area contributed by atoms with Gasteiger partial charge in [0.2, 0.25) is 0 Å². The summed E-state index contributed by atoms with van der Waals surface area (Å²) < 4.78 is 15.8. The van der Waals surface area contributed by atoms with E-state index in [1.807, 2.05) is 30.3 Å². The molecule has 0 aliphatic heterocycles. The average Bonchev–Trinajstić information content (AvgIpc) is 2.75. The van der Waals surface area contributed by atoms with Gasteiger partial charge >= 0.3 is 12.1 Å². The molecule has 1 atom stereocenters. The maximum Gasteiger partial charge on any atom is 0.411 e. The number of ketones is 1. The number of rotatable bonds is 9. The fourth-order valence-electron chi connectivity index (χ4n) is 3.47. The number of nitrogens with zero attached hydrogens (tertiary/aromatic N) is 1. The molecule has 0 N–H and O–H groups in total. The van der Waals surface area contributed by atoms with Crippen LogP contribution in [0, 0.1) is 0 Å². The van der Waals surface area contributed by atoms with Crippen LogP contribution < -0.4 is 4.74 Å². The van der Waals surface area contributed by atoms with Crippen molar-refractivity contribution in [1.29, 1.82) is 0 Å². The Bertz CT molecular complexity index is 850. The normalized spacial score (nSPS) is 15.9. The summed E-state index contributed by atoms with van der Waals surface area (Å²) in [6.45, 7) is 9.21. The minimum atomic E-state index is -0.688. The first-order valence-corrected chi connectivity index (χ1v) is 10.8. The zero-order chi connectivity index (χ0) is 23.7. The quantitative estimate of drug-likeness (QED) is 0.315. The lowest BCUT2D eigenvalue weighted by molar-refractivity contribution is -0.144. The zero-order valence-corrected chi connectivity index (χ0v) is 19.4. The van der Waals surface area contributed by atoms with Crippen LogP contribution in [0.4, 0.5) is 4.79 Å². The lowest BCUT2D eigenvalue weighted by Crippen LogP contribution is -2.46. The molecule has 0 spiro atoms. The highest BCUT2D eigenvalue weighted by Gasteiger charge is 2.35. The smallest absolute Gasteiger partial charge is 0.411 e. The zero-order valence-electron chi connectivity index (χ0n) is 19.4. The Hall–Kier alpha value is -3.09. The van der Waals surface area contributed by atoms with E-state index in [9.17, 15) is 14.4 Å². The summed E-state index contributed by atoms with van der Waals surface area (Å²) in [5, 5.41) is 0. The number of Topliss-reactive ketones (excluding diaryl/α,β-unsaturated/α-hetero) is 1. The molecule has 0 unspecified atom stereocenters. The van der Waals surface area contributed by atoms with E-state index in [2.05, 4.69) is 6.58 Å². The van der Waals surface area contributed by atoms with Crippen molar-refractivity contribution in [2.75, 3.05) is 13.7 Å². The van der Waals surface area contributed by atoms with Gasteiger partial charge in [0.25, 0.3) is 0 Å². The van der Waals surface area contributed by atoms with E-state index in [0.29, 0.717) is 24.2 Å². The molecule has 1 aromatic rings. The molecule has 1 aromatic carbocycles. The Morgan fingerprint density at radius 3 is 2.47 bits per heavy atom. The van der Waals surface area contributed by atoms with Crippen molar-refractivity contribution in [2.45, 2.75) is 64.6 Å². The summed E-state index contributed by atoms with van der Waals surface area (Å²) in [4.78, 5) is 39.6. The van der Waals surface area contributed by atoms with Crippen LogP contribution in [0.2, 0.25) is 0 Å². The van der Waals surface area contributed by atoms with Crippen molar-refractivity contribution in [2.24, 2.45) is 0 Å². The van der Waals surface area contributed by atoms with E-state index >= 15 is 0 Å². The number of hydrogen-bond donors (Lipinski definition) is 0. The van der Waals surface area contributed by atoms with E-state index < -0.39 is 23.7 Å². The minimum Gasteiger partial charge on any atom is -0.497 e. The van der Waals surface area contributed by atoms with Gasteiger partial charge < -0.3 is 14.2 Å². The van der Waals surface area contributed by atoms with Crippen LogP contribution >= 0.6 is 0 Å². The minimum absolute atomic E-state index is 0.0517. The van der Waals surface area contributed by atoms with Crippen LogP contribution in [0.15, 0.2) is 48.6 Å². The SMILES string of the molecule is C=CCOC(=O)CC(=O)C1=CCCC[C@@H]1N(Cc1ccc(OC)cc1)C(=O)OC(C)(C)C. The fourth-order valence-corrected chi connectivity index (χ4v) is 3.47. The number of esters is 1. The van der Waals surface area contributed by atoms with Crippen LogP contribution in [0.1, 0.15) is 52.0 Å². The molecule has 1 amide bonds. The van der Waals surface area contributed by atoms with Crippen LogP contribution in [-0.4, -0.2) is 48.1 Å². The lowest BCUT2D eigenvalue weighted by Gasteiger charge is -2.36. The monoisotopic (exact) mass is 443 g/mol. The Balaban J connectivity index is 2.29. The highest BCUT2D eigenvalue weighted by Crippen LogP contribution is 2.28. The summed E-state index contributed by atoms with van der Waals surface area (Å²) in [6.07, 6.45) is 4.53. The van der Waals surface area contributed by atoms with Crippen molar-refractivity contribution in [3.63, 3.8) is 0 Å². The molecule has 0 saturated heterocycles. The molecule has 0 bridgehead atoms. The third kappa shape index (κ3) is 7.55. The first-order valence-electron chi connectivity index (χ1n) is 10.8. The molecule has 0 saturated carbocycles.